The van der Waals surface area contributed by atoms with Gasteiger partial charge >= 0.3 is 6.09 Å². The third kappa shape index (κ3) is 2.77. The number of likely N-dealkylation sites (tertiary alicyclic amines) is 1. The predicted octanol–water partition coefficient (Wildman–Crippen LogP) is 1.19. The van der Waals surface area contributed by atoms with Gasteiger partial charge in [0.2, 0.25) is 5.91 Å². The third-order valence-corrected chi connectivity index (χ3v) is 2.88. The molecule has 0 spiro atoms. The summed E-state index contributed by atoms with van der Waals surface area (Å²) in [5.74, 6) is -0.557. The minimum Gasteiger partial charge on any atom is -0.465 e. The number of nitrogens with zero attached hydrogens (tertiary/aromatic N) is 1. The highest BCUT2D eigenvalue weighted by Crippen LogP contribution is 2.15. The van der Waals surface area contributed by atoms with Gasteiger partial charge in [-0.25, -0.2) is 9.18 Å². The van der Waals surface area contributed by atoms with Crippen molar-refractivity contribution in [3.8, 4) is 0 Å². The monoisotopic (exact) mass is 252 g/mol. The maximum atomic E-state index is 12.7. The van der Waals surface area contributed by atoms with Crippen LogP contribution in [0.25, 0.3) is 0 Å². The van der Waals surface area contributed by atoms with Crippen molar-refractivity contribution in [2.75, 3.05) is 6.54 Å². The van der Waals surface area contributed by atoms with Crippen molar-refractivity contribution in [3.05, 3.63) is 35.6 Å². The van der Waals surface area contributed by atoms with Gasteiger partial charge in [0, 0.05) is 13.1 Å². The van der Waals surface area contributed by atoms with E-state index in [0.717, 1.165) is 5.56 Å². The number of halogens is 1. The van der Waals surface area contributed by atoms with Crippen LogP contribution in [0.15, 0.2) is 24.3 Å². The average Bonchev–Trinajstić information content (AvgIpc) is 2.64. The zero-order valence-electron chi connectivity index (χ0n) is 9.60. The molecule has 0 radical (unpaired) electrons. The summed E-state index contributed by atoms with van der Waals surface area (Å²) in [7, 11) is 0. The van der Waals surface area contributed by atoms with Crippen LogP contribution >= 0.6 is 0 Å². The minimum absolute atomic E-state index is 0.235. The molecule has 0 aromatic heterocycles. The van der Waals surface area contributed by atoms with E-state index in [9.17, 15) is 14.0 Å². The Morgan fingerprint density at radius 2 is 2.11 bits per heavy atom. The quantitative estimate of drug-likeness (QED) is 0.849. The van der Waals surface area contributed by atoms with Crippen LogP contribution in [0.3, 0.4) is 0 Å². The molecule has 5 nitrogen and oxygen atoms in total. The van der Waals surface area contributed by atoms with Crippen molar-refractivity contribution < 1.29 is 19.1 Å². The van der Waals surface area contributed by atoms with Crippen molar-refractivity contribution in [1.82, 2.24) is 10.2 Å². The normalized spacial score (nSPS) is 19.1. The second-order valence-electron chi connectivity index (χ2n) is 4.18. The van der Waals surface area contributed by atoms with Gasteiger partial charge in [-0.15, -0.1) is 0 Å². The Kier molecular flexibility index (Phi) is 3.45. The van der Waals surface area contributed by atoms with Crippen molar-refractivity contribution in [1.29, 1.82) is 0 Å². The van der Waals surface area contributed by atoms with Gasteiger partial charge in [0.1, 0.15) is 11.9 Å². The first kappa shape index (κ1) is 12.3. The Hall–Kier alpha value is -2.11. The van der Waals surface area contributed by atoms with Gasteiger partial charge in [0.05, 0.1) is 0 Å². The fourth-order valence-corrected chi connectivity index (χ4v) is 1.99. The van der Waals surface area contributed by atoms with Crippen LogP contribution in [0.2, 0.25) is 0 Å². The molecule has 2 N–H and O–H groups in total. The van der Waals surface area contributed by atoms with Crippen molar-refractivity contribution in [3.63, 3.8) is 0 Å². The van der Waals surface area contributed by atoms with E-state index in [1.807, 2.05) is 0 Å². The minimum atomic E-state index is -1.20. The Morgan fingerprint density at radius 3 is 2.72 bits per heavy atom. The zero-order chi connectivity index (χ0) is 13.1. The summed E-state index contributed by atoms with van der Waals surface area (Å²) in [6.45, 7) is 0.873. The van der Waals surface area contributed by atoms with E-state index in [4.69, 9.17) is 5.11 Å². The molecular formula is C12H13FN2O3. The molecule has 6 heteroatoms. The zero-order valence-corrected chi connectivity index (χ0v) is 9.60. The fraction of sp³-hybridized carbons (Fsp3) is 0.333. The Balaban J connectivity index is 1.97. The van der Waals surface area contributed by atoms with E-state index in [-0.39, 0.29) is 11.7 Å². The first-order chi connectivity index (χ1) is 8.56. The topological polar surface area (TPSA) is 69.6 Å². The molecule has 0 aliphatic carbocycles. The Bertz CT molecular complexity index is 461. The Labute approximate surface area is 103 Å². The highest BCUT2D eigenvalue weighted by Gasteiger charge is 2.32. The highest BCUT2D eigenvalue weighted by molar-refractivity contribution is 5.87. The lowest BCUT2D eigenvalue weighted by Crippen LogP contribution is -2.40. The number of hydrogen-bond donors (Lipinski definition) is 2. The summed E-state index contributed by atoms with van der Waals surface area (Å²) in [5.41, 5.74) is 0.820. The second-order valence-corrected chi connectivity index (χ2v) is 4.18. The number of hydrogen-bond acceptors (Lipinski definition) is 2. The van der Waals surface area contributed by atoms with Crippen molar-refractivity contribution >= 4 is 12.0 Å². The lowest BCUT2D eigenvalue weighted by atomic mass is 10.2. The SMILES string of the molecule is O=C(O)N[C@H]1CCN(Cc2ccc(F)cc2)C1=O. The number of carbonyl (C=O) groups excluding carboxylic acids is 1. The van der Waals surface area contributed by atoms with Crippen LogP contribution in [0.1, 0.15) is 12.0 Å². The van der Waals surface area contributed by atoms with Crippen LogP contribution in [0.4, 0.5) is 9.18 Å². The van der Waals surface area contributed by atoms with E-state index >= 15 is 0 Å². The largest absolute Gasteiger partial charge is 0.465 e. The van der Waals surface area contributed by atoms with E-state index in [2.05, 4.69) is 5.32 Å². The van der Waals surface area contributed by atoms with Gasteiger partial charge in [0.25, 0.3) is 0 Å². The van der Waals surface area contributed by atoms with Crippen LogP contribution in [0.5, 0.6) is 0 Å². The molecule has 1 fully saturated rings. The molecule has 2 rings (SSSR count). The average molecular weight is 252 g/mol. The van der Waals surface area contributed by atoms with Crippen molar-refractivity contribution in [2.45, 2.75) is 19.0 Å². The molecule has 0 bridgehead atoms. The van der Waals surface area contributed by atoms with Gasteiger partial charge in [-0.2, -0.15) is 0 Å². The maximum absolute atomic E-state index is 12.7. The van der Waals surface area contributed by atoms with Crippen LogP contribution in [-0.4, -0.2) is 34.6 Å². The van der Waals surface area contributed by atoms with Gasteiger partial charge in [-0.3, -0.25) is 4.79 Å². The molecule has 1 heterocycles. The predicted molar refractivity (Wildman–Crippen MR) is 61.4 cm³/mol. The second kappa shape index (κ2) is 5.03. The molecule has 1 aliphatic heterocycles. The Morgan fingerprint density at radius 1 is 1.44 bits per heavy atom. The van der Waals surface area contributed by atoms with E-state index in [0.29, 0.717) is 19.5 Å². The molecule has 0 unspecified atom stereocenters. The molecule has 1 aromatic carbocycles. The molecule has 18 heavy (non-hydrogen) atoms. The smallest absolute Gasteiger partial charge is 0.405 e. The van der Waals surface area contributed by atoms with E-state index in [1.54, 1.807) is 17.0 Å². The van der Waals surface area contributed by atoms with Crippen LogP contribution in [0, 0.1) is 5.82 Å². The van der Waals surface area contributed by atoms with Gasteiger partial charge in [-0.1, -0.05) is 12.1 Å². The van der Waals surface area contributed by atoms with Gasteiger partial charge in [-0.05, 0) is 24.1 Å². The highest BCUT2D eigenvalue weighted by atomic mass is 19.1. The van der Waals surface area contributed by atoms with Crippen LogP contribution in [-0.2, 0) is 11.3 Å². The summed E-state index contributed by atoms with van der Waals surface area (Å²) >= 11 is 0. The van der Waals surface area contributed by atoms with E-state index < -0.39 is 12.1 Å². The molecular weight excluding hydrogens is 239 g/mol. The fourth-order valence-electron chi connectivity index (χ4n) is 1.99. The molecule has 1 saturated heterocycles. The summed E-state index contributed by atoms with van der Waals surface area (Å²) in [6, 6.07) is 5.23. The standard InChI is InChI=1S/C12H13FN2O3/c13-9-3-1-8(2-4-9)7-15-6-5-10(11(15)16)14-12(17)18/h1-4,10,14H,5-7H2,(H,17,18)/t10-/m0/s1. The number of carboxylic acid groups (broad SMARTS) is 1. The van der Waals surface area contributed by atoms with Gasteiger partial charge in [0.15, 0.2) is 0 Å². The summed E-state index contributed by atoms with van der Waals surface area (Å²) in [6.07, 6.45) is -0.733. The molecule has 96 valence electrons. The lowest BCUT2D eigenvalue weighted by molar-refractivity contribution is -0.129. The number of nitrogens with one attached hydrogen (secondary N) is 1. The third-order valence-electron chi connectivity index (χ3n) is 2.88. The number of benzene rings is 1. The van der Waals surface area contributed by atoms with Crippen LogP contribution < -0.4 is 5.32 Å². The van der Waals surface area contributed by atoms with Crippen molar-refractivity contribution in [2.24, 2.45) is 0 Å². The number of amides is 2. The first-order valence-electron chi connectivity index (χ1n) is 5.59. The first-order valence-corrected chi connectivity index (χ1v) is 5.59. The lowest BCUT2D eigenvalue weighted by Gasteiger charge is -2.16. The van der Waals surface area contributed by atoms with Gasteiger partial charge < -0.3 is 15.3 Å². The number of rotatable bonds is 3. The molecule has 0 saturated carbocycles. The molecule has 1 aliphatic rings. The summed E-state index contributed by atoms with van der Waals surface area (Å²) < 4.78 is 12.7. The maximum Gasteiger partial charge on any atom is 0.405 e. The summed E-state index contributed by atoms with van der Waals surface area (Å²) in [4.78, 5) is 23.9. The molecule has 1 atom stereocenters. The van der Waals surface area contributed by atoms with E-state index in [1.165, 1.54) is 12.1 Å². The number of carbonyl (C=O) groups is 2. The summed E-state index contributed by atoms with van der Waals surface area (Å²) in [5, 5.41) is 10.8. The molecule has 1 aromatic rings. The molecule has 2 amide bonds.